The molecular weight excluding hydrogens is 196 g/mol. The van der Waals surface area contributed by atoms with Crippen LogP contribution in [0, 0.1) is 5.92 Å². The highest BCUT2D eigenvalue weighted by molar-refractivity contribution is 7.80. The number of carbonyl (C=O) groups excluding carboxylic acids is 1. The fourth-order valence-corrected chi connectivity index (χ4v) is 1.73. The number of rotatable bonds is 3. The van der Waals surface area contributed by atoms with E-state index in [0.717, 1.165) is 25.8 Å². The molecule has 1 amide bonds. The largest absolute Gasteiger partial charge is 0.393 e. The minimum atomic E-state index is 0.132. The first-order valence-electron chi connectivity index (χ1n) is 5.18. The van der Waals surface area contributed by atoms with E-state index in [9.17, 15) is 4.79 Å². The summed E-state index contributed by atoms with van der Waals surface area (Å²) in [5.41, 5.74) is 5.53. The van der Waals surface area contributed by atoms with E-state index in [1.807, 2.05) is 11.8 Å². The standard InChI is InChI=1S/C10H18N2OS/c1-8(10(11)14)7-12-6-4-2-3-5-9(12)13/h8H,2-7H2,1H3,(H2,11,14). The summed E-state index contributed by atoms with van der Waals surface area (Å²) in [5, 5.41) is 0. The molecule has 0 aromatic carbocycles. The van der Waals surface area contributed by atoms with Gasteiger partial charge in [0.1, 0.15) is 0 Å². The molecule has 1 aliphatic rings. The van der Waals surface area contributed by atoms with Gasteiger partial charge in [-0.3, -0.25) is 4.79 Å². The van der Waals surface area contributed by atoms with Crippen LogP contribution in [0.2, 0.25) is 0 Å². The van der Waals surface area contributed by atoms with Gasteiger partial charge in [0.05, 0.1) is 4.99 Å². The zero-order valence-electron chi connectivity index (χ0n) is 8.66. The van der Waals surface area contributed by atoms with Crippen molar-refractivity contribution >= 4 is 23.1 Å². The lowest BCUT2D eigenvalue weighted by molar-refractivity contribution is -0.130. The number of thiocarbonyl (C=S) groups is 1. The van der Waals surface area contributed by atoms with Crippen molar-refractivity contribution in [3.05, 3.63) is 0 Å². The quantitative estimate of drug-likeness (QED) is 0.721. The number of amides is 1. The predicted octanol–water partition coefficient (Wildman–Crippen LogP) is 1.31. The lowest BCUT2D eigenvalue weighted by Crippen LogP contribution is -2.37. The van der Waals surface area contributed by atoms with Crippen LogP contribution in [-0.2, 0) is 4.79 Å². The van der Waals surface area contributed by atoms with Crippen LogP contribution in [0.4, 0.5) is 0 Å². The maximum Gasteiger partial charge on any atom is 0.222 e. The van der Waals surface area contributed by atoms with Crippen molar-refractivity contribution < 1.29 is 4.79 Å². The molecule has 1 rings (SSSR count). The second kappa shape index (κ2) is 5.29. The summed E-state index contributed by atoms with van der Waals surface area (Å²) >= 11 is 4.90. The third kappa shape index (κ3) is 3.25. The maximum absolute atomic E-state index is 11.6. The Morgan fingerprint density at radius 2 is 2.29 bits per heavy atom. The van der Waals surface area contributed by atoms with E-state index in [4.69, 9.17) is 18.0 Å². The molecule has 1 aliphatic heterocycles. The van der Waals surface area contributed by atoms with Crippen molar-refractivity contribution in [3.8, 4) is 0 Å². The van der Waals surface area contributed by atoms with Crippen molar-refractivity contribution in [2.24, 2.45) is 11.7 Å². The molecule has 0 radical (unpaired) electrons. The Morgan fingerprint density at radius 1 is 1.57 bits per heavy atom. The molecule has 0 saturated carbocycles. The van der Waals surface area contributed by atoms with Gasteiger partial charge < -0.3 is 10.6 Å². The highest BCUT2D eigenvalue weighted by Crippen LogP contribution is 2.12. The molecule has 1 fully saturated rings. The van der Waals surface area contributed by atoms with Gasteiger partial charge in [0, 0.05) is 25.4 Å². The molecule has 0 bridgehead atoms. The van der Waals surface area contributed by atoms with Crippen molar-refractivity contribution in [3.63, 3.8) is 0 Å². The van der Waals surface area contributed by atoms with Gasteiger partial charge >= 0.3 is 0 Å². The van der Waals surface area contributed by atoms with Crippen LogP contribution in [0.3, 0.4) is 0 Å². The van der Waals surface area contributed by atoms with Crippen LogP contribution in [-0.4, -0.2) is 28.9 Å². The molecule has 1 heterocycles. The molecule has 1 saturated heterocycles. The number of likely N-dealkylation sites (tertiary alicyclic amines) is 1. The second-order valence-corrected chi connectivity index (χ2v) is 4.43. The zero-order chi connectivity index (χ0) is 10.6. The minimum absolute atomic E-state index is 0.132. The summed E-state index contributed by atoms with van der Waals surface area (Å²) in [6.07, 6.45) is 3.97. The van der Waals surface area contributed by atoms with E-state index < -0.39 is 0 Å². The SMILES string of the molecule is CC(CN1CCCCCC1=O)C(N)=S. The van der Waals surface area contributed by atoms with Gasteiger partial charge in [0.15, 0.2) is 0 Å². The molecule has 0 aromatic rings. The Hall–Kier alpha value is -0.640. The first-order valence-corrected chi connectivity index (χ1v) is 5.59. The summed E-state index contributed by atoms with van der Waals surface area (Å²) in [6.45, 7) is 3.53. The Morgan fingerprint density at radius 3 is 2.93 bits per heavy atom. The molecular formula is C10H18N2OS. The lowest BCUT2D eigenvalue weighted by atomic mass is 10.1. The average molecular weight is 214 g/mol. The first-order chi connectivity index (χ1) is 6.61. The van der Waals surface area contributed by atoms with E-state index in [0.29, 0.717) is 18.0 Å². The Kier molecular flexibility index (Phi) is 4.32. The normalized spacial score (nSPS) is 20.4. The smallest absolute Gasteiger partial charge is 0.222 e. The molecule has 14 heavy (non-hydrogen) atoms. The summed E-state index contributed by atoms with van der Waals surface area (Å²) in [5.74, 6) is 0.387. The van der Waals surface area contributed by atoms with E-state index in [1.54, 1.807) is 0 Å². The third-order valence-corrected chi connectivity index (χ3v) is 3.05. The maximum atomic E-state index is 11.6. The second-order valence-electron chi connectivity index (χ2n) is 3.95. The van der Waals surface area contributed by atoms with Crippen molar-refractivity contribution in [2.45, 2.75) is 32.6 Å². The van der Waals surface area contributed by atoms with E-state index in [1.165, 1.54) is 0 Å². The number of nitrogens with zero attached hydrogens (tertiary/aromatic N) is 1. The Labute approximate surface area is 90.6 Å². The van der Waals surface area contributed by atoms with Gasteiger partial charge in [0.25, 0.3) is 0 Å². The van der Waals surface area contributed by atoms with E-state index >= 15 is 0 Å². The van der Waals surface area contributed by atoms with Crippen LogP contribution >= 0.6 is 12.2 Å². The monoisotopic (exact) mass is 214 g/mol. The van der Waals surface area contributed by atoms with Crippen LogP contribution in [0.15, 0.2) is 0 Å². The minimum Gasteiger partial charge on any atom is -0.393 e. The van der Waals surface area contributed by atoms with Gasteiger partial charge in [-0.2, -0.15) is 0 Å². The molecule has 80 valence electrons. The zero-order valence-corrected chi connectivity index (χ0v) is 9.48. The third-order valence-electron chi connectivity index (χ3n) is 2.65. The predicted molar refractivity (Wildman–Crippen MR) is 61.0 cm³/mol. The van der Waals surface area contributed by atoms with Crippen LogP contribution in [0.5, 0.6) is 0 Å². The van der Waals surface area contributed by atoms with Crippen LogP contribution in [0.1, 0.15) is 32.6 Å². The van der Waals surface area contributed by atoms with Crippen molar-refractivity contribution in [1.82, 2.24) is 4.90 Å². The van der Waals surface area contributed by atoms with Gasteiger partial charge in [-0.25, -0.2) is 0 Å². The van der Waals surface area contributed by atoms with Crippen molar-refractivity contribution in [2.75, 3.05) is 13.1 Å². The lowest BCUT2D eigenvalue weighted by Gasteiger charge is -2.23. The van der Waals surface area contributed by atoms with Crippen LogP contribution in [0.25, 0.3) is 0 Å². The highest BCUT2D eigenvalue weighted by Gasteiger charge is 2.19. The highest BCUT2D eigenvalue weighted by atomic mass is 32.1. The van der Waals surface area contributed by atoms with E-state index in [2.05, 4.69) is 0 Å². The molecule has 4 heteroatoms. The summed E-state index contributed by atoms with van der Waals surface area (Å²) in [4.78, 5) is 14.0. The summed E-state index contributed by atoms with van der Waals surface area (Å²) < 4.78 is 0. The molecule has 0 spiro atoms. The van der Waals surface area contributed by atoms with Crippen molar-refractivity contribution in [1.29, 1.82) is 0 Å². The van der Waals surface area contributed by atoms with Gasteiger partial charge in [-0.1, -0.05) is 25.6 Å². The average Bonchev–Trinajstić information content (AvgIpc) is 2.32. The molecule has 3 nitrogen and oxygen atoms in total. The molecule has 0 aromatic heterocycles. The summed E-state index contributed by atoms with van der Waals surface area (Å²) in [6, 6.07) is 0. The number of carbonyl (C=O) groups is 1. The molecule has 2 N–H and O–H groups in total. The van der Waals surface area contributed by atoms with Gasteiger partial charge in [-0.15, -0.1) is 0 Å². The van der Waals surface area contributed by atoms with Gasteiger partial charge in [0.2, 0.25) is 5.91 Å². The molecule has 0 aliphatic carbocycles. The Balaban J connectivity index is 2.48. The summed E-state index contributed by atoms with van der Waals surface area (Å²) in [7, 11) is 0. The number of hydrogen-bond acceptors (Lipinski definition) is 2. The molecule has 1 unspecified atom stereocenters. The van der Waals surface area contributed by atoms with Gasteiger partial charge in [-0.05, 0) is 12.8 Å². The van der Waals surface area contributed by atoms with Crippen LogP contribution < -0.4 is 5.73 Å². The topological polar surface area (TPSA) is 46.3 Å². The van der Waals surface area contributed by atoms with E-state index in [-0.39, 0.29) is 11.8 Å². The first kappa shape index (κ1) is 11.4. The number of nitrogens with two attached hydrogens (primary N) is 1. The fourth-order valence-electron chi connectivity index (χ4n) is 1.65. The Bertz CT molecular complexity index is 230. The molecule has 1 atom stereocenters. The number of hydrogen-bond donors (Lipinski definition) is 1. The fraction of sp³-hybridized carbons (Fsp3) is 0.800.